The van der Waals surface area contributed by atoms with E-state index in [1.807, 2.05) is 27.0 Å². The summed E-state index contributed by atoms with van der Waals surface area (Å²) >= 11 is 1.56. The van der Waals surface area contributed by atoms with Gasteiger partial charge < -0.3 is 25.4 Å². The number of benzene rings is 1. The molecule has 1 aromatic rings. The first kappa shape index (κ1) is 29.6. The number of phenols is 1. The number of alkyl carbamates (subject to hydrolysis) is 1. The van der Waals surface area contributed by atoms with Gasteiger partial charge in [0, 0.05) is 12.1 Å². The van der Waals surface area contributed by atoms with Gasteiger partial charge in [-0.1, -0.05) is 6.07 Å². The Morgan fingerprint density at radius 2 is 1.76 bits per heavy atom. The van der Waals surface area contributed by atoms with Crippen LogP contribution >= 0.6 is 11.8 Å². The quantitative estimate of drug-likeness (QED) is 0.475. The zero-order valence-electron chi connectivity index (χ0n) is 21.9. The van der Waals surface area contributed by atoms with E-state index in [1.165, 1.54) is 11.0 Å². The molecule has 0 spiro atoms. The molecular weight excluding hydrogens is 454 g/mol. The molecule has 0 aliphatic rings. The van der Waals surface area contributed by atoms with Crippen molar-refractivity contribution in [3.05, 3.63) is 29.3 Å². The van der Waals surface area contributed by atoms with Crippen LogP contribution < -0.4 is 10.6 Å². The molecule has 0 bridgehead atoms. The molecule has 0 aliphatic carbocycles. The van der Waals surface area contributed by atoms with Gasteiger partial charge in [0.1, 0.15) is 23.4 Å². The largest absolute Gasteiger partial charge is 0.508 e. The fourth-order valence-corrected chi connectivity index (χ4v) is 3.84. The average Bonchev–Trinajstić information content (AvgIpc) is 2.68. The summed E-state index contributed by atoms with van der Waals surface area (Å²) in [5.74, 6) is 0.0365. The van der Waals surface area contributed by atoms with Crippen LogP contribution in [0.3, 0.4) is 0 Å². The van der Waals surface area contributed by atoms with E-state index in [0.29, 0.717) is 23.3 Å². The van der Waals surface area contributed by atoms with Gasteiger partial charge in [0.05, 0.1) is 0 Å². The molecule has 34 heavy (non-hydrogen) atoms. The van der Waals surface area contributed by atoms with Gasteiger partial charge in [-0.3, -0.25) is 9.59 Å². The molecule has 1 rings (SSSR count). The second-order valence-electron chi connectivity index (χ2n) is 10.3. The second-order valence-corrected chi connectivity index (χ2v) is 11.3. The van der Waals surface area contributed by atoms with E-state index in [2.05, 4.69) is 10.6 Å². The van der Waals surface area contributed by atoms with Crippen LogP contribution in [-0.4, -0.2) is 63.6 Å². The van der Waals surface area contributed by atoms with Crippen LogP contribution in [-0.2, 0) is 14.3 Å². The van der Waals surface area contributed by atoms with Gasteiger partial charge >= 0.3 is 6.09 Å². The number of hydrogen-bond donors (Lipinski definition) is 3. The zero-order chi connectivity index (χ0) is 26.3. The third-order valence-corrected chi connectivity index (χ3v) is 5.46. The summed E-state index contributed by atoms with van der Waals surface area (Å²) in [7, 11) is 0. The van der Waals surface area contributed by atoms with Crippen molar-refractivity contribution in [1.29, 1.82) is 0 Å². The number of aryl methyl sites for hydroxylation is 1. The van der Waals surface area contributed by atoms with Gasteiger partial charge in [-0.2, -0.15) is 11.8 Å². The SMILES string of the molecule is CCN(C(=O)C(CCSC)NC(=O)OC(C)(C)C)C(C(=O)NC(C)(C)C)c1ccc(O)c(C)c1. The van der Waals surface area contributed by atoms with Crippen molar-refractivity contribution in [3.8, 4) is 5.75 Å². The number of rotatable bonds is 9. The summed E-state index contributed by atoms with van der Waals surface area (Å²) in [6.45, 7) is 14.6. The molecule has 0 radical (unpaired) electrons. The molecule has 3 amide bonds. The molecular formula is C25H41N3O5S. The standard InChI is InChI=1S/C25H41N3O5S/c1-10-28(22(31)18(13-14-34-9)26-23(32)33-25(6,7)8)20(21(30)27-24(3,4)5)17-11-12-19(29)16(2)15-17/h11-12,15,18,20,29H,10,13-14H2,1-9H3,(H,26,32)(H,27,30). The lowest BCUT2D eigenvalue weighted by Crippen LogP contribution is -2.54. The highest BCUT2D eigenvalue weighted by atomic mass is 32.2. The number of phenolic OH excluding ortho intramolecular Hbond substituents is 1. The number of ether oxygens (including phenoxy) is 1. The van der Waals surface area contributed by atoms with E-state index >= 15 is 0 Å². The highest BCUT2D eigenvalue weighted by Gasteiger charge is 2.36. The van der Waals surface area contributed by atoms with E-state index < -0.39 is 29.3 Å². The Balaban J connectivity index is 3.40. The van der Waals surface area contributed by atoms with Gasteiger partial charge in [-0.05, 0) is 97.1 Å². The summed E-state index contributed by atoms with van der Waals surface area (Å²) in [5, 5.41) is 15.7. The zero-order valence-corrected chi connectivity index (χ0v) is 22.8. The Labute approximate surface area is 208 Å². The fourth-order valence-electron chi connectivity index (χ4n) is 3.37. The van der Waals surface area contributed by atoms with Gasteiger partial charge in [-0.25, -0.2) is 4.79 Å². The number of nitrogens with one attached hydrogen (secondary N) is 2. The monoisotopic (exact) mass is 495 g/mol. The highest BCUT2D eigenvalue weighted by Crippen LogP contribution is 2.28. The van der Waals surface area contributed by atoms with Crippen LogP contribution in [0.2, 0.25) is 0 Å². The minimum absolute atomic E-state index is 0.109. The maximum atomic E-state index is 13.7. The molecule has 1 aromatic carbocycles. The van der Waals surface area contributed by atoms with Crippen LogP contribution in [0.4, 0.5) is 4.79 Å². The predicted octanol–water partition coefficient (Wildman–Crippen LogP) is 4.15. The first-order chi connectivity index (χ1) is 15.6. The van der Waals surface area contributed by atoms with Crippen molar-refractivity contribution in [2.75, 3.05) is 18.6 Å². The van der Waals surface area contributed by atoms with Crippen LogP contribution in [0, 0.1) is 6.92 Å². The van der Waals surface area contributed by atoms with E-state index in [4.69, 9.17) is 4.74 Å². The summed E-state index contributed by atoms with van der Waals surface area (Å²) in [4.78, 5) is 41.1. The molecule has 9 heteroatoms. The Morgan fingerprint density at radius 3 is 2.24 bits per heavy atom. The summed E-state index contributed by atoms with van der Waals surface area (Å²) in [5.41, 5.74) is -0.0506. The third kappa shape index (κ3) is 9.44. The molecule has 0 aromatic heterocycles. The highest BCUT2D eigenvalue weighted by molar-refractivity contribution is 7.98. The number of thioether (sulfide) groups is 1. The van der Waals surface area contributed by atoms with E-state index in [0.717, 1.165) is 0 Å². The average molecular weight is 496 g/mol. The topological polar surface area (TPSA) is 108 Å². The van der Waals surface area contributed by atoms with Gasteiger partial charge in [-0.15, -0.1) is 0 Å². The van der Waals surface area contributed by atoms with Crippen molar-refractivity contribution in [1.82, 2.24) is 15.5 Å². The molecule has 3 N–H and O–H groups in total. The molecule has 2 atom stereocenters. The van der Waals surface area contributed by atoms with E-state index in [-0.39, 0.29) is 24.1 Å². The lowest BCUT2D eigenvalue weighted by atomic mass is 9.98. The van der Waals surface area contributed by atoms with Crippen molar-refractivity contribution < 1.29 is 24.2 Å². The molecule has 0 aliphatic heterocycles. The second kappa shape index (κ2) is 12.3. The maximum absolute atomic E-state index is 13.7. The minimum Gasteiger partial charge on any atom is -0.508 e. The molecule has 2 unspecified atom stereocenters. The maximum Gasteiger partial charge on any atom is 0.408 e. The number of likely N-dealkylation sites (N-methyl/N-ethyl adjacent to an activating group) is 1. The summed E-state index contributed by atoms with van der Waals surface area (Å²) in [6.07, 6.45) is 1.63. The smallest absolute Gasteiger partial charge is 0.408 e. The Hall–Kier alpha value is -2.42. The molecule has 0 heterocycles. The number of aromatic hydroxyl groups is 1. The van der Waals surface area contributed by atoms with Gasteiger partial charge in [0.2, 0.25) is 11.8 Å². The Morgan fingerprint density at radius 1 is 1.15 bits per heavy atom. The fraction of sp³-hybridized carbons (Fsp3) is 0.640. The number of hydrogen-bond acceptors (Lipinski definition) is 6. The van der Waals surface area contributed by atoms with Gasteiger partial charge in [0.25, 0.3) is 0 Å². The van der Waals surface area contributed by atoms with Crippen LogP contribution in [0.5, 0.6) is 5.75 Å². The number of carbonyl (C=O) groups excluding carboxylic acids is 3. The molecule has 0 saturated carbocycles. The molecule has 0 fully saturated rings. The van der Waals surface area contributed by atoms with E-state index in [1.54, 1.807) is 58.5 Å². The summed E-state index contributed by atoms with van der Waals surface area (Å²) in [6, 6.07) is 3.07. The van der Waals surface area contributed by atoms with Crippen LogP contribution in [0.25, 0.3) is 0 Å². The van der Waals surface area contributed by atoms with Crippen molar-refractivity contribution in [2.45, 2.75) is 85.0 Å². The summed E-state index contributed by atoms with van der Waals surface area (Å²) < 4.78 is 5.36. The third-order valence-electron chi connectivity index (χ3n) is 4.82. The molecule has 8 nitrogen and oxygen atoms in total. The lowest BCUT2D eigenvalue weighted by molar-refractivity contribution is -0.142. The predicted molar refractivity (Wildman–Crippen MR) is 137 cm³/mol. The lowest BCUT2D eigenvalue weighted by Gasteiger charge is -2.35. The minimum atomic E-state index is -0.937. The number of amides is 3. The van der Waals surface area contributed by atoms with Crippen molar-refractivity contribution in [3.63, 3.8) is 0 Å². The van der Waals surface area contributed by atoms with Gasteiger partial charge in [0.15, 0.2) is 0 Å². The van der Waals surface area contributed by atoms with E-state index in [9.17, 15) is 19.5 Å². The van der Waals surface area contributed by atoms with Crippen molar-refractivity contribution >= 4 is 29.7 Å². The number of carbonyl (C=O) groups is 3. The normalized spacial score (nSPS) is 13.6. The molecule has 0 saturated heterocycles. The Bertz CT molecular complexity index is 861. The first-order valence-corrected chi connectivity index (χ1v) is 12.9. The van der Waals surface area contributed by atoms with Crippen molar-refractivity contribution in [2.24, 2.45) is 0 Å². The Kier molecular flexibility index (Phi) is 10.7. The van der Waals surface area contributed by atoms with Crippen LogP contribution in [0.1, 0.15) is 72.1 Å². The van der Waals surface area contributed by atoms with Crippen LogP contribution in [0.15, 0.2) is 18.2 Å². The first-order valence-electron chi connectivity index (χ1n) is 11.5. The molecule has 192 valence electrons. The number of nitrogens with zero attached hydrogens (tertiary/aromatic N) is 1.